The van der Waals surface area contributed by atoms with Gasteiger partial charge in [-0.25, -0.2) is 9.78 Å². The van der Waals surface area contributed by atoms with Gasteiger partial charge in [0.2, 0.25) is 5.76 Å². The molecule has 82 valence electrons. The number of carboxylic acid groups (broad SMARTS) is 1. The fraction of sp³-hybridized carbons (Fsp3) is 0.600. The molecular formula is C10H14N2O3. The van der Waals surface area contributed by atoms with Gasteiger partial charge in [-0.3, -0.25) is 0 Å². The van der Waals surface area contributed by atoms with Gasteiger partial charge < -0.3 is 14.4 Å². The molecule has 5 heteroatoms. The van der Waals surface area contributed by atoms with Gasteiger partial charge in [0.05, 0.1) is 6.20 Å². The maximum Gasteiger partial charge on any atom is 0.373 e. The molecular weight excluding hydrogens is 196 g/mol. The van der Waals surface area contributed by atoms with Crippen LogP contribution in [0.3, 0.4) is 0 Å². The minimum Gasteiger partial charge on any atom is -0.475 e. The third-order valence-corrected chi connectivity index (χ3v) is 2.80. The largest absolute Gasteiger partial charge is 0.475 e. The summed E-state index contributed by atoms with van der Waals surface area (Å²) in [5.41, 5.74) is 0. The van der Waals surface area contributed by atoms with Crippen molar-refractivity contribution < 1.29 is 14.3 Å². The standard InChI is InChI=1S/C10H14N2O3/c1-2-12-4-3-7(6-12)9-11-5-8(15-9)10(13)14/h5,7H,2-4,6H2,1H3,(H,13,14). The highest BCUT2D eigenvalue weighted by atomic mass is 16.4. The van der Waals surface area contributed by atoms with Crippen molar-refractivity contribution in [1.82, 2.24) is 9.88 Å². The molecule has 2 heterocycles. The molecule has 0 radical (unpaired) electrons. The van der Waals surface area contributed by atoms with E-state index in [1.54, 1.807) is 0 Å². The Morgan fingerprint density at radius 1 is 1.80 bits per heavy atom. The molecule has 1 aromatic heterocycles. The third kappa shape index (κ3) is 2.02. The molecule has 0 bridgehead atoms. The Labute approximate surface area is 87.7 Å². The second-order valence-electron chi connectivity index (χ2n) is 3.75. The molecule has 1 unspecified atom stereocenters. The lowest BCUT2D eigenvalue weighted by Gasteiger charge is -2.10. The summed E-state index contributed by atoms with van der Waals surface area (Å²) in [5, 5.41) is 8.69. The Morgan fingerprint density at radius 3 is 3.13 bits per heavy atom. The number of hydrogen-bond acceptors (Lipinski definition) is 4. The first kappa shape index (κ1) is 10.2. The predicted octanol–water partition coefficient (Wildman–Crippen LogP) is 1.18. The van der Waals surface area contributed by atoms with E-state index in [0.29, 0.717) is 5.89 Å². The van der Waals surface area contributed by atoms with Gasteiger partial charge in [0.25, 0.3) is 0 Å². The van der Waals surface area contributed by atoms with Crippen molar-refractivity contribution in [2.75, 3.05) is 19.6 Å². The molecule has 0 aliphatic carbocycles. The Hall–Kier alpha value is -1.36. The zero-order valence-corrected chi connectivity index (χ0v) is 8.64. The van der Waals surface area contributed by atoms with Crippen LogP contribution in [0.5, 0.6) is 0 Å². The Balaban J connectivity index is 2.07. The second kappa shape index (κ2) is 4.02. The average molecular weight is 210 g/mol. The molecule has 0 spiro atoms. The van der Waals surface area contributed by atoms with Crippen LogP contribution in [0.2, 0.25) is 0 Å². The van der Waals surface area contributed by atoms with Crippen LogP contribution in [0.25, 0.3) is 0 Å². The first-order valence-corrected chi connectivity index (χ1v) is 5.12. The highest BCUT2D eigenvalue weighted by Crippen LogP contribution is 2.26. The summed E-state index contributed by atoms with van der Waals surface area (Å²) in [6.07, 6.45) is 2.28. The predicted molar refractivity (Wildman–Crippen MR) is 52.9 cm³/mol. The van der Waals surface area contributed by atoms with E-state index in [9.17, 15) is 4.79 Å². The van der Waals surface area contributed by atoms with Gasteiger partial charge in [0.1, 0.15) is 0 Å². The van der Waals surface area contributed by atoms with Crippen molar-refractivity contribution in [3.63, 3.8) is 0 Å². The number of rotatable bonds is 3. The number of aromatic carboxylic acids is 1. The van der Waals surface area contributed by atoms with Gasteiger partial charge in [0, 0.05) is 12.5 Å². The minimum atomic E-state index is -1.06. The van der Waals surface area contributed by atoms with Crippen LogP contribution in [-0.4, -0.2) is 40.6 Å². The fourth-order valence-electron chi connectivity index (χ4n) is 1.90. The van der Waals surface area contributed by atoms with E-state index in [0.717, 1.165) is 26.1 Å². The molecule has 5 nitrogen and oxygen atoms in total. The second-order valence-corrected chi connectivity index (χ2v) is 3.75. The molecule has 0 amide bonds. The van der Waals surface area contributed by atoms with E-state index in [1.165, 1.54) is 6.20 Å². The zero-order chi connectivity index (χ0) is 10.8. The molecule has 1 N–H and O–H groups in total. The lowest BCUT2D eigenvalue weighted by Crippen LogP contribution is -2.19. The normalized spacial score (nSPS) is 22.1. The summed E-state index contributed by atoms with van der Waals surface area (Å²) in [6.45, 7) is 5.08. The first-order chi connectivity index (χ1) is 7.20. The lowest BCUT2D eigenvalue weighted by atomic mass is 10.1. The van der Waals surface area contributed by atoms with Crippen molar-refractivity contribution in [1.29, 1.82) is 0 Å². The van der Waals surface area contributed by atoms with Gasteiger partial charge >= 0.3 is 5.97 Å². The van der Waals surface area contributed by atoms with Crippen molar-refractivity contribution in [3.05, 3.63) is 17.8 Å². The van der Waals surface area contributed by atoms with Crippen LogP contribution in [0, 0.1) is 0 Å². The fourth-order valence-corrected chi connectivity index (χ4v) is 1.90. The average Bonchev–Trinajstić information content (AvgIpc) is 2.86. The van der Waals surface area contributed by atoms with Crippen LogP contribution < -0.4 is 0 Å². The van der Waals surface area contributed by atoms with Gasteiger partial charge in [0.15, 0.2) is 5.89 Å². The number of likely N-dealkylation sites (tertiary alicyclic amines) is 1. The number of oxazole rings is 1. The number of carbonyl (C=O) groups is 1. The molecule has 15 heavy (non-hydrogen) atoms. The summed E-state index contributed by atoms with van der Waals surface area (Å²) >= 11 is 0. The Bertz CT molecular complexity index is 361. The van der Waals surface area contributed by atoms with E-state index in [4.69, 9.17) is 9.52 Å². The molecule has 1 aliphatic rings. The molecule has 1 atom stereocenters. The quantitative estimate of drug-likeness (QED) is 0.811. The van der Waals surface area contributed by atoms with E-state index in [2.05, 4.69) is 16.8 Å². The number of likely N-dealkylation sites (N-methyl/N-ethyl adjacent to an activating group) is 1. The van der Waals surface area contributed by atoms with Crippen LogP contribution in [0.4, 0.5) is 0 Å². The Morgan fingerprint density at radius 2 is 2.60 bits per heavy atom. The maximum atomic E-state index is 10.6. The molecule has 1 fully saturated rings. The summed E-state index contributed by atoms with van der Waals surface area (Å²) in [7, 11) is 0. The summed E-state index contributed by atoms with van der Waals surface area (Å²) < 4.78 is 5.18. The van der Waals surface area contributed by atoms with Crippen molar-refractivity contribution in [3.8, 4) is 0 Å². The molecule has 0 aromatic carbocycles. The number of aromatic nitrogens is 1. The van der Waals surface area contributed by atoms with E-state index >= 15 is 0 Å². The van der Waals surface area contributed by atoms with E-state index < -0.39 is 5.97 Å². The van der Waals surface area contributed by atoms with Gasteiger partial charge in [-0.2, -0.15) is 0 Å². The van der Waals surface area contributed by atoms with Crippen LogP contribution in [-0.2, 0) is 0 Å². The first-order valence-electron chi connectivity index (χ1n) is 5.12. The number of nitrogens with zero attached hydrogens (tertiary/aromatic N) is 2. The monoisotopic (exact) mass is 210 g/mol. The van der Waals surface area contributed by atoms with E-state index in [-0.39, 0.29) is 11.7 Å². The molecule has 2 rings (SSSR count). The lowest BCUT2D eigenvalue weighted by molar-refractivity contribution is 0.0659. The smallest absolute Gasteiger partial charge is 0.373 e. The Kier molecular flexibility index (Phi) is 2.73. The third-order valence-electron chi connectivity index (χ3n) is 2.80. The van der Waals surface area contributed by atoms with Crippen LogP contribution >= 0.6 is 0 Å². The van der Waals surface area contributed by atoms with Crippen molar-refractivity contribution in [2.45, 2.75) is 19.3 Å². The topological polar surface area (TPSA) is 66.6 Å². The molecule has 1 aromatic rings. The summed E-state index contributed by atoms with van der Waals surface area (Å²) in [6, 6.07) is 0. The van der Waals surface area contributed by atoms with Crippen molar-refractivity contribution >= 4 is 5.97 Å². The van der Waals surface area contributed by atoms with Crippen molar-refractivity contribution in [2.24, 2.45) is 0 Å². The van der Waals surface area contributed by atoms with Gasteiger partial charge in [-0.05, 0) is 19.5 Å². The van der Waals surface area contributed by atoms with E-state index in [1.807, 2.05) is 0 Å². The minimum absolute atomic E-state index is 0.0695. The number of carboxylic acids is 1. The molecule has 0 saturated carbocycles. The summed E-state index contributed by atoms with van der Waals surface area (Å²) in [5.74, 6) is -0.319. The zero-order valence-electron chi connectivity index (χ0n) is 8.64. The maximum absolute atomic E-state index is 10.6. The van der Waals surface area contributed by atoms with Gasteiger partial charge in [-0.15, -0.1) is 0 Å². The van der Waals surface area contributed by atoms with Crippen LogP contribution in [0.15, 0.2) is 10.6 Å². The SMILES string of the molecule is CCN1CCC(c2ncc(C(=O)O)o2)C1. The molecule has 1 saturated heterocycles. The molecule has 1 aliphatic heterocycles. The highest BCUT2D eigenvalue weighted by Gasteiger charge is 2.27. The highest BCUT2D eigenvalue weighted by molar-refractivity contribution is 5.83. The summed E-state index contributed by atoms with van der Waals surface area (Å²) in [4.78, 5) is 16.9. The van der Waals surface area contributed by atoms with Crippen LogP contribution in [0.1, 0.15) is 35.7 Å². The van der Waals surface area contributed by atoms with Gasteiger partial charge in [-0.1, -0.05) is 6.92 Å². The number of hydrogen-bond donors (Lipinski definition) is 1.